The van der Waals surface area contributed by atoms with Crippen LogP contribution in [0.3, 0.4) is 0 Å². The summed E-state index contributed by atoms with van der Waals surface area (Å²) in [5.41, 5.74) is 3.62. The van der Waals surface area contributed by atoms with Crippen LogP contribution in [0.15, 0.2) is 23.0 Å². The molecular formula is C31H46O5. The molecule has 1 heterocycles. The van der Waals surface area contributed by atoms with Gasteiger partial charge in [0.2, 0.25) is 0 Å². The zero-order valence-corrected chi connectivity index (χ0v) is 23.2. The number of rotatable bonds is 6. The minimum Gasteiger partial charge on any atom is -0.494 e. The average Bonchev–Trinajstić information content (AvgIpc) is 3.29. The second kappa shape index (κ2) is 9.51. The van der Waals surface area contributed by atoms with Crippen LogP contribution in [-0.2, 0) is 23.8 Å². The standard InChI is InChI=1S/C31H46O5/c1-18(17-34-20(3)32)7-10-27-19(2)29-28(36-27)16-26-24-9-8-22-15-23(35-21(4)33)11-13-30(22,5)25(24)12-14-31(26,29)6/h8,18,23-26,28-29H,7,9-17H2,1-6H3/t18-,23-,24?,25?,26?,28?,29-,30-,31-/m0/s1. The normalized spacial score (nSPS) is 41.8. The maximum absolute atomic E-state index is 11.5. The lowest BCUT2D eigenvalue weighted by atomic mass is 9.47. The van der Waals surface area contributed by atoms with Gasteiger partial charge < -0.3 is 14.2 Å². The van der Waals surface area contributed by atoms with Crippen LogP contribution in [0, 0.1) is 40.4 Å². The first-order chi connectivity index (χ1) is 17.0. The molecule has 4 aliphatic carbocycles. The van der Waals surface area contributed by atoms with Gasteiger partial charge in [0.1, 0.15) is 12.2 Å². The Bertz CT molecular complexity index is 964. The van der Waals surface area contributed by atoms with E-state index in [4.69, 9.17) is 14.2 Å². The molecular weight excluding hydrogens is 452 g/mol. The lowest BCUT2D eigenvalue weighted by molar-refractivity contribution is -0.148. The molecule has 9 atom stereocenters. The smallest absolute Gasteiger partial charge is 0.302 e. The highest BCUT2D eigenvalue weighted by Gasteiger charge is 2.63. The summed E-state index contributed by atoms with van der Waals surface area (Å²) in [5, 5.41) is 0. The van der Waals surface area contributed by atoms with Crippen LogP contribution in [0.25, 0.3) is 0 Å². The monoisotopic (exact) mass is 498 g/mol. The van der Waals surface area contributed by atoms with Gasteiger partial charge in [-0.25, -0.2) is 0 Å². The van der Waals surface area contributed by atoms with Crippen molar-refractivity contribution < 1.29 is 23.8 Å². The molecule has 1 aliphatic heterocycles. The highest BCUT2D eigenvalue weighted by atomic mass is 16.5. The number of esters is 2. The van der Waals surface area contributed by atoms with E-state index < -0.39 is 0 Å². The minimum atomic E-state index is -0.200. The zero-order valence-electron chi connectivity index (χ0n) is 23.2. The van der Waals surface area contributed by atoms with Crippen LogP contribution in [0.1, 0.15) is 99.3 Å². The first-order valence-corrected chi connectivity index (χ1v) is 14.4. The molecule has 200 valence electrons. The van der Waals surface area contributed by atoms with E-state index in [9.17, 15) is 9.59 Å². The molecule has 0 aromatic heterocycles. The first-order valence-electron chi connectivity index (χ1n) is 14.4. The number of fused-ring (bicyclic) bond motifs is 7. The molecule has 4 unspecified atom stereocenters. The van der Waals surface area contributed by atoms with E-state index in [0.29, 0.717) is 35.9 Å². The Morgan fingerprint density at radius 1 is 1.14 bits per heavy atom. The summed E-state index contributed by atoms with van der Waals surface area (Å²) in [4.78, 5) is 22.7. The maximum atomic E-state index is 11.5. The fourth-order valence-corrected chi connectivity index (χ4v) is 9.27. The van der Waals surface area contributed by atoms with Crippen molar-refractivity contribution in [1.29, 1.82) is 0 Å². The molecule has 0 amide bonds. The molecule has 0 saturated heterocycles. The number of hydrogen-bond acceptors (Lipinski definition) is 5. The molecule has 5 nitrogen and oxygen atoms in total. The van der Waals surface area contributed by atoms with E-state index in [1.807, 2.05) is 0 Å². The number of hydrogen-bond donors (Lipinski definition) is 0. The van der Waals surface area contributed by atoms with Crippen LogP contribution in [0.4, 0.5) is 0 Å². The van der Waals surface area contributed by atoms with Gasteiger partial charge in [-0.15, -0.1) is 0 Å². The van der Waals surface area contributed by atoms with Crippen molar-refractivity contribution >= 4 is 11.9 Å². The van der Waals surface area contributed by atoms with Crippen LogP contribution >= 0.6 is 0 Å². The largest absolute Gasteiger partial charge is 0.494 e. The molecule has 0 aromatic carbocycles. The average molecular weight is 499 g/mol. The van der Waals surface area contributed by atoms with Gasteiger partial charge in [0.25, 0.3) is 0 Å². The Kier molecular flexibility index (Phi) is 6.83. The maximum Gasteiger partial charge on any atom is 0.302 e. The number of carbonyl (C=O) groups is 2. The summed E-state index contributed by atoms with van der Waals surface area (Å²) in [6, 6.07) is 0. The minimum absolute atomic E-state index is 0.0643. The summed E-state index contributed by atoms with van der Waals surface area (Å²) >= 11 is 0. The molecule has 0 bridgehead atoms. The number of carbonyl (C=O) groups excluding carboxylic acids is 2. The highest BCUT2D eigenvalue weighted by molar-refractivity contribution is 5.66. The second-order valence-corrected chi connectivity index (χ2v) is 13.2. The Labute approximate surface area is 217 Å². The summed E-state index contributed by atoms with van der Waals surface area (Å²) in [7, 11) is 0. The van der Waals surface area contributed by atoms with Crippen LogP contribution in [0.2, 0.25) is 0 Å². The summed E-state index contributed by atoms with van der Waals surface area (Å²) in [5.74, 6) is 3.93. The molecule has 5 aliphatic rings. The zero-order chi connectivity index (χ0) is 25.8. The van der Waals surface area contributed by atoms with Gasteiger partial charge in [0.15, 0.2) is 0 Å². The van der Waals surface area contributed by atoms with E-state index in [2.05, 4.69) is 33.8 Å². The summed E-state index contributed by atoms with van der Waals surface area (Å²) < 4.78 is 17.5. The van der Waals surface area contributed by atoms with Gasteiger partial charge >= 0.3 is 11.9 Å². The third kappa shape index (κ3) is 4.32. The topological polar surface area (TPSA) is 61.8 Å². The van der Waals surface area contributed by atoms with Crippen molar-refractivity contribution in [2.24, 2.45) is 40.4 Å². The van der Waals surface area contributed by atoms with Crippen molar-refractivity contribution in [3.63, 3.8) is 0 Å². The molecule has 0 spiro atoms. The van der Waals surface area contributed by atoms with Crippen molar-refractivity contribution in [2.45, 2.75) is 112 Å². The fourth-order valence-electron chi connectivity index (χ4n) is 9.27. The Balaban J connectivity index is 1.29. The third-order valence-electron chi connectivity index (χ3n) is 11.0. The predicted molar refractivity (Wildman–Crippen MR) is 139 cm³/mol. The van der Waals surface area contributed by atoms with Crippen molar-refractivity contribution in [3.8, 4) is 0 Å². The summed E-state index contributed by atoms with van der Waals surface area (Å²) in [6.45, 7) is 13.1. The number of allylic oxidation sites excluding steroid dienone is 2. The molecule has 0 radical (unpaired) electrons. The van der Waals surface area contributed by atoms with E-state index in [1.54, 1.807) is 5.57 Å². The van der Waals surface area contributed by atoms with Gasteiger partial charge in [-0.3, -0.25) is 9.59 Å². The van der Waals surface area contributed by atoms with E-state index in [-0.39, 0.29) is 23.5 Å². The lowest BCUT2D eigenvalue weighted by Crippen LogP contribution is -2.50. The van der Waals surface area contributed by atoms with Gasteiger partial charge in [-0.1, -0.05) is 32.4 Å². The Morgan fingerprint density at radius 3 is 2.64 bits per heavy atom. The van der Waals surface area contributed by atoms with Crippen LogP contribution in [0.5, 0.6) is 0 Å². The molecule has 5 rings (SSSR count). The molecule has 0 N–H and O–H groups in total. The van der Waals surface area contributed by atoms with E-state index in [0.717, 1.165) is 43.9 Å². The van der Waals surface area contributed by atoms with Crippen LogP contribution < -0.4 is 0 Å². The van der Waals surface area contributed by atoms with Crippen molar-refractivity contribution in [2.75, 3.05) is 6.61 Å². The quantitative estimate of drug-likeness (QED) is 0.299. The lowest BCUT2D eigenvalue weighted by Gasteiger charge is -2.58. The van der Waals surface area contributed by atoms with E-state index >= 15 is 0 Å². The van der Waals surface area contributed by atoms with Gasteiger partial charge in [0.05, 0.1) is 12.4 Å². The number of ether oxygens (including phenoxy) is 3. The fraction of sp³-hybridized carbons (Fsp3) is 0.806. The molecule has 3 saturated carbocycles. The van der Waals surface area contributed by atoms with Crippen molar-refractivity contribution in [3.05, 3.63) is 23.0 Å². The second-order valence-electron chi connectivity index (χ2n) is 13.2. The van der Waals surface area contributed by atoms with Gasteiger partial charge in [-0.2, -0.15) is 0 Å². The first kappa shape index (κ1) is 25.9. The Hall–Kier alpha value is -1.78. The van der Waals surface area contributed by atoms with Gasteiger partial charge in [-0.05, 0) is 91.9 Å². The molecule has 3 fully saturated rings. The SMILES string of the molecule is CC(=O)OC[C@@H](C)CCC1=C(C)[C@H]2C(CC3C4CC=C5C[C@@H](OC(C)=O)CC[C@]5(C)C4CC[C@@]32C)O1. The summed E-state index contributed by atoms with van der Waals surface area (Å²) in [6.07, 6.45) is 12.9. The van der Waals surface area contributed by atoms with Crippen molar-refractivity contribution in [1.82, 2.24) is 0 Å². The molecule has 36 heavy (non-hydrogen) atoms. The molecule has 0 aromatic rings. The molecule has 5 heteroatoms. The Morgan fingerprint density at radius 2 is 1.92 bits per heavy atom. The van der Waals surface area contributed by atoms with Crippen LogP contribution in [-0.4, -0.2) is 30.8 Å². The third-order valence-corrected chi connectivity index (χ3v) is 11.0. The predicted octanol–water partition coefficient (Wildman–Crippen LogP) is 6.76. The van der Waals surface area contributed by atoms with E-state index in [1.165, 1.54) is 50.9 Å². The van der Waals surface area contributed by atoms with Gasteiger partial charge in [0, 0.05) is 32.6 Å². The highest BCUT2D eigenvalue weighted by Crippen LogP contribution is 2.69.